The van der Waals surface area contributed by atoms with Crippen LogP contribution in [0.5, 0.6) is 0 Å². The predicted octanol–water partition coefficient (Wildman–Crippen LogP) is 7.80. The number of halogens is 1. The number of alkyl halides is 1. The summed E-state index contributed by atoms with van der Waals surface area (Å²) in [6, 6.07) is 0. The Hall–Kier alpha value is -0.550. The van der Waals surface area contributed by atoms with Gasteiger partial charge in [0, 0.05) is 12.3 Å². The number of ether oxygens (including phenoxy) is 1. The van der Waals surface area contributed by atoms with Crippen LogP contribution in [0.1, 0.15) is 105 Å². The van der Waals surface area contributed by atoms with Crippen LogP contribution in [0.25, 0.3) is 0 Å². The lowest BCUT2D eigenvalue weighted by Gasteiger charge is -2.58. The van der Waals surface area contributed by atoms with Gasteiger partial charge in [0.1, 0.15) is 12.8 Å². The van der Waals surface area contributed by atoms with Crippen LogP contribution in [0.2, 0.25) is 0 Å². The van der Waals surface area contributed by atoms with Gasteiger partial charge in [-0.25, -0.2) is 4.39 Å². The maximum atomic E-state index is 13.4. The summed E-state index contributed by atoms with van der Waals surface area (Å²) < 4.78 is 19.4. The molecule has 3 saturated carbocycles. The summed E-state index contributed by atoms with van der Waals surface area (Å²) >= 11 is 3.93. The van der Waals surface area contributed by atoms with Gasteiger partial charge in [-0.2, -0.15) is 12.6 Å². The summed E-state index contributed by atoms with van der Waals surface area (Å²) in [4.78, 5) is 12.1. The summed E-state index contributed by atoms with van der Waals surface area (Å²) in [7, 11) is 0. The van der Waals surface area contributed by atoms with Crippen LogP contribution in [0.3, 0.4) is 0 Å². The molecule has 37 heavy (non-hydrogen) atoms. The van der Waals surface area contributed by atoms with Gasteiger partial charge >= 0.3 is 0 Å². The van der Waals surface area contributed by atoms with Crippen LogP contribution in [-0.2, 0) is 9.53 Å². The second-order valence-electron chi connectivity index (χ2n) is 14.0. The van der Waals surface area contributed by atoms with Crippen molar-refractivity contribution in [2.45, 2.75) is 118 Å². The molecule has 1 amide bonds. The third-order valence-electron chi connectivity index (χ3n) is 11.4. The van der Waals surface area contributed by atoms with Crippen LogP contribution in [0.4, 0.5) is 4.39 Å². The third kappa shape index (κ3) is 6.28. The SMILES string of the molecule is CC(C)CCCC(C)C1CCC2C3CC=C4CC(OCC(=O)NCC(F)CS)CCC4(C)C3CCC12C. The van der Waals surface area contributed by atoms with Crippen molar-refractivity contribution in [2.75, 3.05) is 18.9 Å². The summed E-state index contributed by atoms with van der Waals surface area (Å²) in [5.74, 6) is 4.99. The summed E-state index contributed by atoms with van der Waals surface area (Å²) in [6.07, 6.45) is 15.8. The van der Waals surface area contributed by atoms with E-state index in [4.69, 9.17) is 4.74 Å². The molecule has 4 aliphatic carbocycles. The molecule has 0 saturated heterocycles. The number of hydrogen-bond acceptors (Lipinski definition) is 3. The first-order valence-electron chi connectivity index (χ1n) is 15.4. The zero-order valence-electron chi connectivity index (χ0n) is 24.2. The molecule has 1 N–H and O–H groups in total. The molecule has 0 aromatic heterocycles. The molecule has 9 atom stereocenters. The number of carbonyl (C=O) groups is 1. The fraction of sp³-hybridized carbons (Fsp3) is 0.906. The number of nitrogens with one attached hydrogen (secondary N) is 1. The maximum Gasteiger partial charge on any atom is 0.246 e. The van der Waals surface area contributed by atoms with Gasteiger partial charge in [0.05, 0.1) is 6.10 Å². The number of allylic oxidation sites excluding steroid dienone is 1. The predicted molar refractivity (Wildman–Crippen MR) is 155 cm³/mol. The quantitative estimate of drug-likeness (QED) is 0.209. The zero-order chi connectivity index (χ0) is 26.8. The van der Waals surface area contributed by atoms with Crippen molar-refractivity contribution in [1.29, 1.82) is 0 Å². The van der Waals surface area contributed by atoms with E-state index in [9.17, 15) is 9.18 Å². The minimum absolute atomic E-state index is 0.0142. The minimum Gasteiger partial charge on any atom is -0.368 e. The van der Waals surface area contributed by atoms with E-state index in [1.807, 2.05) is 0 Å². The normalized spacial score (nSPS) is 38.8. The molecule has 0 radical (unpaired) electrons. The summed E-state index contributed by atoms with van der Waals surface area (Å²) in [5.41, 5.74) is 2.41. The number of thiol groups is 1. The van der Waals surface area contributed by atoms with Crippen LogP contribution in [-0.4, -0.2) is 37.1 Å². The Morgan fingerprint density at radius 1 is 1.14 bits per heavy atom. The first kappa shape index (κ1) is 29.4. The molecule has 3 fully saturated rings. The highest BCUT2D eigenvalue weighted by Gasteiger charge is 2.59. The van der Waals surface area contributed by atoms with Crippen molar-refractivity contribution in [1.82, 2.24) is 5.32 Å². The van der Waals surface area contributed by atoms with E-state index in [2.05, 4.69) is 58.6 Å². The van der Waals surface area contributed by atoms with Gasteiger partial charge < -0.3 is 10.1 Å². The standard InChI is InChI=1S/C32H54FNO2S/c1-21(2)7-6-8-22(3)27-11-12-28-26-10-9-23-17-25(36-19-30(35)34-18-24(33)20-37)13-15-31(23,4)29(26)14-16-32(27,28)5/h9,21-22,24-29,37H,6-8,10-20H2,1-5H3,(H,34,35). The molecule has 0 aliphatic heterocycles. The molecule has 0 heterocycles. The van der Waals surface area contributed by atoms with Gasteiger partial charge in [0.2, 0.25) is 5.91 Å². The van der Waals surface area contributed by atoms with Gasteiger partial charge in [-0.05, 0) is 97.7 Å². The Kier molecular flexibility index (Phi) is 9.80. The highest BCUT2D eigenvalue weighted by atomic mass is 32.1. The summed E-state index contributed by atoms with van der Waals surface area (Å²) in [6.45, 7) is 12.5. The largest absolute Gasteiger partial charge is 0.368 e. The number of carbonyl (C=O) groups excluding carboxylic acids is 1. The van der Waals surface area contributed by atoms with Gasteiger partial charge in [-0.3, -0.25) is 4.79 Å². The Balaban J connectivity index is 1.35. The van der Waals surface area contributed by atoms with Crippen LogP contribution >= 0.6 is 12.6 Å². The van der Waals surface area contributed by atoms with Crippen molar-refractivity contribution in [2.24, 2.45) is 46.3 Å². The fourth-order valence-electron chi connectivity index (χ4n) is 9.33. The van der Waals surface area contributed by atoms with Crippen LogP contribution in [0, 0.1) is 46.3 Å². The first-order valence-corrected chi connectivity index (χ1v) is 16.0. The maximum absolute atomic E-state index is 13.4. The molecule has 0 bridgehead atoms. The molecule has 4 aliphatic rings. The van der Waals surface area contributed by atoms with Crippen molar-refractivity contribution in [3.8, 4) is 0 Å². The Morgan fingerprint density at radius 2 is 1.92 bits per heavy atom. The number of hydrogen-bond donors (Lipinski definition) is 2. The van der Waals surface area contributed by atoms with Gasteiger partial charge in [0.25, 0.3) is 0 Å². The topological polar surface area (TPSA) is 38.3 Å². The van der Waals surface area contributed by atoms with E-state index >= 15 is 0 Å². The number of rotatable bonds is 11. The second kappa shape index (κ2) is 12.3. The molecule has 3 nitrogen and oxygen atoms in total. The van der Waals surface area contributed by atoms with Crippen molar-refractivity contribution in [3.63, 3.8) is 0 Å². The molecule has 0 aromatic carbocycles. The third-order valence-corrected chi connectivity index (χ3v) is 11.8. The second-order valence-corrected chi connectivity index (χ2v) is 14.4. The molecular formula is C32H54FNO2S. The molecule has 212 valence electrons. The van der Waals surface area contributed by atoms with Crippen molar-refractivity contribution >= 4 is 18.5 Å². The van der Waals surface area contributed by atoms with Crippen molar-refractivity contribution in [3.05, 3.63) is 11.6 Å². The lowest BCUT2D eigenvalue weighted by molar-refractivity contribution is -0.129. The Bertz CT molecular complexity index is 817. The van der Waals surface area contributed by atoms with E-state index in [-0.39, 0.29) is 30.9 Å². The number of amides is 1. The molecule has 0 spiro atoms. The Labute approximate surface area is 231 Å². The smallest absolute Gasteiger partial charge is 0.246 e. The van der Waals surface area contributed by atoms with E-state index in [1.165, 1.54) is 51.4 Å². The highest BCUT2D eigenvalue weighted by molar-refractivity contribution is 7.80. The van der Waals surface area contributed by atoms with Gasteiger partial charge in [-0.1, -0.05) is 65.5 Å². The van der Waals surface area contributed by atoms with E-state index < -0.39 is 6.17 Å². The summed E-state index contributed by atoms with van der Waals surface area (Å²) in [5, 5.41) is 2.62. The van der Waals surface area contributed by atoms with Crippen LogP contribution < -0.4 is 5.32 Å². The molecule has 0 aromatic rings. The molecule has 5 heteroatoms. The average Bonchev–Trinajstić information content (AvgIpc) is 3.22. The Morgan fingerprint density at radius 3 is 2.65 bits per heavy atom. The fourth-order valence-corrected chi connectivity index (χ4v) is 9.46. The van der Waals surface area contributed by atoms with Crippen molar-refractivity contribution < 1.29 is 13.9 Å². The lowest BCUT2D eigenvalue weighted by Crippen LogP contribution is -2.51. The van der Waals surface area contributed by atoms with Gasteiger partial charge in [0.15, 0.2) is 0 Å². The first-order chi connectivity index (χ1) is 17.6. The van der Waals surface area contributed by atoms with E-state index in [1.54, 1.807) is 5.57 Å². The number of fused-ring (bicyclic) bond motifs is 5. The van der Waals surface area contributed by atoms with Crippen LogP contribution in [0.15, 0.2) is 11.6 Å². The van der Waals surface area contributed by atoms with E-state index in [0.717, 1.165) is 54.8 Å². The molecule has 4 rings (SSSR count). The average molecular weight is 536 g/mol. The molecular weight excluding hydrogens is 481 g/mol. The molecule has 9 unspecified atom stereocenters. The van der Waals surface area contributed by atoms with Gasteiger partial charge in [-0.15, -0.1) is 0 Å². The highest BCUT2D eigenvalue weighted by Crippen LogP contribution is 2.67. The zero-order valence-corrected chi connectivity index (χ0v) is 25.1. The minimum atomic E-state index is -1.11. The van der Waals surface area contributed by atoms with E-state index in [0.29, 0.717) is 10.8 Å². The monoisotopic (exact) mass is 535 g/mol. The lowest BCUT2D eigenvalue weighted by atomic mass is 9.47.